The van der Waals surface area contributed by atoms with Crippen LogP contribution < -0.4 is 11.2 Å². The Bertz CT molecular complexity index is 536. The van der Waals surface area contributed by atoms with Crippen LogP contribution in [0.2, 0.25) is 0 Å². The highest BCUT2D eigenvalue weighted by molar-refractivity contribution is 8.00. The number of rotatable bonds is 2. The number of hydrogen-bond donors (Lipinski definition) is 2. The molecule has 16 heavy (non-hydrogen) atoms. The lowest BCUT2D eigenvalue weighted by atomic mass is 10.3. The van der Waals surface area contributed by atoms with Crippen LogP contribution in [-0.2, 0) is 0 Å². The lowest BCUT2D eigenvalue weighted by Gasteiger charge is -2.13. The van der Waals surface area contributed by atoms with E-state index in [-0.39, 0.29) is 11.9 Å². The smallest absolute Gasteiger partial charge is 0.329 e. The number of aromatic nitrogens is 2. The van der Waals surface area contributed by atoms with E-state index in [0.29, 0.717) is 0 Å². The Morgan fingerprint density at radius 3 is 2.88 bits per heavy atom. The highest BCUT2D eigenvalue weighted by Crippen LogP contribution is 2.40. The Kier molecular flexibility index (Phi) is 2.97. The van der Waals surface area contributed by atoms with Crippen LogP contribution in [0.4, 0.5) is 4.39 Å². The third kappa shape index (κ3) is 1.96. The number of aliphatic hydroxyl groups excluding tert-OH is 1. The third-order valence-electron chi connectivity index (χ3n) is 2.17. The summed E-state index contributed by atoms with van der Waals surface area (Å²) in [6, 6.07) is 1.15. The molecule has 0 radical (unpaired) electrons. The molecule has 5 nitrogen and oxygen atoms in total. The predicted molar refractivity (Wildman–Crippen MR) is 58.0 cm³/mol. The average Bonchev–Trinajstić information content (AvgIpc) is 2.60. The van der Waals surface area contributed by atoms with Crippen LogP contribution in [0.3, 0.4) is 0 Å². The Morgan fingerprint density at radius 2 is 2.31 bits per heavy atom. The molecule has 86 valence electrons. The van der Waals surface area contributed by atoms with E-state index in [1.807, 2.05) is 0 Å². The minimum Gasteiger partial charge on any atom is -0.395 e. The zero-order valence-corrected chi connectivity index (χ0v) is 8.91. The second kappa shape index (κ2) is 4.26. The van der Waals surface area contributed by atoms with Crippen molar-refractivity contribution >= 4 is 11.8 Å². The topological polar surface area (TPSA) is 75.1 Å². The summed E-state index contributed by atoms with van der Waals surface area (Å²) in [4.78, 5) is 24.3. The van der Waals surface area contributed by atoms with Crippen LogP contribution in [0.5, 0.6) is 0 Å². The molecule has 2 atom stereocenters. The molecule has 0 unspecified atom stereocenters. The monoisotopic (exact) mass is 244 g/mol. The molecule has 0 fully saturated rings. The minimum absolute atomic E-state index is 0.188. The number of nitrogens with one attached hydrogen (secondary N) is 1. The predicted octanol–water partition coefficient (Wildman–Crippen LogP) is -0.00370. The standard InChI is InChI=1S/C9H9FN2O3S/c10-6-3-5(4-13)16-8(6)12-2-1-7(14)11-9(12)15/h1-3,5,8,13H,4H2,(H,11,14,15)/t5-,8+/m1/s1. The molecule has 2 rings (SSSR count). The van der Waals surface area contributed by atoms with Crippen LogP contribution >= 0.6 is 11.8 Å². The highest BCUT2D eigenvalue weighted by atomic mass is 32.2. The number of hydrogen-bond acceptors (Lipinski definition) is 4. The Hall–Kier alpha value is -1.34. The number of halogens is 1. The SMILES string of the molecule is O=c1ccn([C@H]2S[C@@H](CO)C=C2F)c(=O)[nH]1. The van der Waals surface area contributed by atoms with Gasteiger partial charge in [0.15, 0.2) is 0 Å². The van der Waals surface area contributed by atoms with Gasteiger partial charge < -0.3 is 5.11 Å². The minimum atomic E-state index is -0.804. The van der Waals surface area contributed by atoms with Crippen molar-refractivity contribution in [2.45, 2.75) is 10.6 Å². The molecule has 1 aliphatic heterocycles. The van der Waals surface area contributed by atoms with Crippen molar-refractivity contribution in [2.75, 3.05) is 6.61 Å². The molecule has 0 saturated carbocycles. The average molecular weight is 244 g/mol. The third-order valence-corrected chi connectivity index (χ3v) is 3.51. The van der Waals surface area contributed by atoms with E-state index >= 15 is 0 Å². The zero-order valence-electron chi connectivity index (χ0n) is 8.09. The van der Waals surface area contributed by atoms with Gasteiger partial charge in [0.25, 0.3) is 5.56 Å². The first-order chi connectivity index (χ1) is 7.61. The summed E-state index contributed by atoms with van der Waals surface area (Å²) < 4.78 is 14.6. The maximum Gasteiger partial charge on any atom is 0.329 e. The van der Waals surface area contributed by atoms with Crippen molar-refractivity contribution in [3.63, 3.8) is 0 Å². The van der Waals surface area contributed by atoms with Gasteiger partial charge in [-0.25, -0.2) is 9.18 Å². The fourth-order valence-electron chi connectivity index (χ4n) is 1.44. The van der Waals surface area contributed by atoms with Crippen molar-refractivity contribution < 1.29 is 9.50 Å². The van der Waals surface area contributed by atoms with Gasteiger partial charge in [-0.05, 0) is 6.08 Å². The lowest BCUT2D eigenvalue weighted by molar-refractivity contribution is 0.307. The summed E-state index contributed by atoms with van der Waals surface area (Å²) in [7, 11) is 0. The number of nitrogens with zero attached hydrogens (tertiary/aromatic N) is 1. The molecular weight excluding hydrogens is 235 g/mol. The fraction of sp³-hybridized carbons (Fsp3) is 0.333. The van der Waals surface area contributed by atoms with Crippen molar-refractivity contribution in [1.29, 1.82) is 0 Å². The molecule has 0 aromatic carbocycles. The largest absolute Gasteiger partial charge is 0.395 e. The van der Waals surface area contributed by atoms with Crippen molar-refractivity contribution in [2.24, 2.45) is 0 Å². The quantitative estimate of drug-likeness (QED) is 0.767. The van der Waals surface area contributed by atoms with Crippen LogP contribution in [-0.4, -0.2) is 26.5 Å². The lowest BCUT2D eigenvalue weighted by Crippen LogP contribution is -2.30. The number of aromatic amines is 1. The van der Waals surface area contributed by atoms with Gasteiger partial charge >= 0.3 is 5.69 Å². The maximum atomic E-state index is 13.5. The van der Waals surface area contributed by atoms with Crippen molar-refractivity contribution in [1.82, 2.24) is 9.55 Å². The van der Waals surface area contributed by atoms with Gasteiger partial charge in [-0.3, -0.25) is 14.3 Å². The van der Waals surface area contributed by atoms with E-state index in [1.54, 1.807) is 0 Å². The molecule has 7 heteroatoms. The summed E-state index contributed by atoms with van der Waals surface area (Å²) in [6.45, 7) is -0.188. The molecule has 0 saturated heterocycles. The van der Waals surface area contributed by atoms with Gasteiger partial charge in [0.1, 0.15) is 11.2 Å². The van der Waals surface area contributed by atoms with E-state index in [0.717, 1.165) is 22.4 Å². The molecule has 2 heterocycles. The van der Waals surface area contributed by atoms with E-state index in [9.17, 15) is 14.0 Å². The van der Waals surface area contributed by atoms with Crippen LogP contribution in [0.15, 0.2) is 33.8 Å². The van der Waals surface area contributed by atoms with Gasteiger partial charge in [0.05, 0.1) is 11.9 Å². The van der Waals surface area contributed by atoms with Gasteiger partial charge in [0.2, 0.25) is 0 Å². The van der Waals surface area contributed by atoms with Crippen molar-refractivity contribution in [3.8, 4) is 0 Å². The molecule has 0 bridgehead atoms. The molecule has 2 N–H and O–H groups in total. The number of thioether (sulfide) groups is 1. The summed E-state index contributed by atoms with van der Waals surface area (Å²) in [6.07, 6.45) is 2.51. The van der Waals surface area contributed by atoms with E-state index in [4.69, 9.17) is 5.11 Å². The molecule has 1 aromatic rings. The Balaban J connectivity index is 2.37. The van der Waals surface area contributed by atoms with Crippen LogP contribution in [0.1, 0.15) is 5.37 Å². The second-order valence-electron chi connectivity index (χ2n) is 3.28. The second-order valence-corrected chi connectivity index (χ2v) is 4.60. The Morgan fingerprint density at radius 1 is 1.56 bits per heavy atom. The van der Waals surface area contributed by atoms with Gasteiger partial charge in [0, 0.05) is 12.3 Å². The van der Waals surface area contributed by atoms with Gasteiger partial charge in [-0.15, -0.1) is 11.8 Å². The first-order valence-corrected chi connectivity index (χ1v) is 5.51. The van der Waals surface area contributed by atoms with Gasteiger partial charge in [-0.2, -0.15) is 0 Å². The van der Waals surface area contributed by atoms with E-state index in [1.165, 1.54) is 12.3 Å². The Labute approximate surface area is 93.6 Å². The van der Waals surface area contributed by atoms with Crippen LogP contribution in [0, 0.1) is 0 Å². The molecule has 1 aliphatic rings. The normalized spacial score (nSPS) is 24.5. The first-order valence-electron chi connectivity index (χ1n) is 4.57. The highest BCUT2D eigenvalue weighted by Gasteiger charge is 2.29. The number of H-pyrrole nitrogens is 1. The molecule has 1 aromatic heterocycles. The zero-order chi connectivity index (χ0) is 11.7. The fourth-order valence-corrected chi connectivity index (χ4v) is 2.57. The van der Waals surface area contributed by atoms with E-state index < -0.39 is 22.4 Å². The number of aliphatic hydroxyl groups is 1. The summed E-state index contributed by atoms with van der Waals surface area (Å²) in [5.74, 6) is -0.488. The van der Waals surface area contributed by atoms with Crippen molar-refractivity contribution in [3.05, 3.63) is 45.0 Å². The maximum absolute atomic E-state index is 13.5. The van der Waals surface area contributed by atoms with Gasteiger partial charge in [-0.1, -0.05) is 0 Å². The first kappa shape index (κ1) is 11.2. The molecule has 0 spiro atoms. The van der Waals surface area contributed by atoms with E-state index in [2.05, 4.69) is 4.98 Å². The summed E-state index contributed by atoms with van der Waals surface area (Å²) in [5.41, 5.74) is -1.18. The molecule has 0 amide bonds. The molecular formula is C9H9FN2O3S. The summed E-state index contributed by atoms with van der Waals surface area (Å²) >= 11 is 1.12. The summed E-state index contributed by atoms with van der Waals surface area (Å²) in [5, 5.41) is 7.72. The molecule has 0 aliphatic carbocycles. The van der Waals surface area contributed by atoms with Crippen LogP contribution in [0.25, 0.3) is 0 Å².